The van der Waals surface area contributed by atoms with Crippen molar-refractivity contribution in [2.45, 2.75) is 6.54 Å². The van der Waals surface area contributed by atoms with Crippen molar-refractivity contribution < 1.29 is 14.8 Å². The van der Waals surface area contributed by atoms with Gasteiger partial charge in [-0.25, -0.2) is 9.67 Å². The minimum absolute atomic E-state index is 0.353. The van der Waals surface area contributed by atoms with Crippen molar-refractivity contribution >= 4 is 23.6 Å². The maximum atomic E-state index is 9.15. The number of pyridine rings is 1. The Morgan fingerprint density at radius 3 is 2.62 bits per heavy atom. The molecule has 7 heteroatoms. The molecule has 2 aromatic heterocycles. The van der Waals surface area contributed by atoms with Crippen molar-refractivity contribution in [3.63, 3.8) is 0 Å². The van der Waals surface area contributed by atoms with Gasteiger partial charge in [0, 0.05) is 17.0 Å². The summed E-state index contributed by atoms with van der Waals surface area (Å²) in [5.41, 5.74) is 2.13. The van der Waals surface area contributed by atoms with E-state index >= 15 is 0 Å². The third kappa shape index (κ3) is 2.74. The van der Waals surface area contributed by atoms with Crippen LogP contribution in [0.2, 0.25) is 0 Å². The molecular formula is C14H14BN3O3. The highest BCUT2D eigenvalue weighted by Crippen LogP contribution is 2.15. The monoisotopic (exact) mass is 283 g/mol. The molecule has 3 rings (SSSR count). The number of ether oxygens (including phenoxy) is 1. The number of fused-ring (bicyclic) bond motifs is 1. The SMILES string of the molecule is COc1ccc(Cn2ncc3cc(B(O)O)cnc32)cc1. The number of nitrogens with zero attached hydrogens (tertiary/aromatic N) is 3. The summed E-state index contributed by atoms with van der Waals surface area (Å²) in [6, 6.07) is 9.41. The number of rotatable bonds is 4. The quantitative estimate of drug-likeness (QED) is 0.667. The molecule has 0 unspecified atom stereocenters. The maximum Gasteiger partial charge on any atom is 0.490 e. The van der Waals surface area contributed by atoms with Gasteiger partial charge in [0.05, 0.1) is 19.9 Å². The number of hydrogen-bond acceptors (Lipinski definition) is 5. The van der Waals surface area contributed by atoms with Gasteiger partial charge in [0.2, 0.25) is 0 Å². The largest absolute Gasteiger partial charge is 0.497 e. The predicted octanol–water partition coefficient (Wildman–Crippen LogP) is 0.168. The minimum Gasteiger partial charge on any atom is -0.497 e. The highest BCUT2D eigenvalue weighted by Gasteiger charge is 2.13. The Balaban J connectivity index is 1.90. The molecule has 0 saturated heterocycles. The van der Waals surface area contributed by atoms with Crippen LogP contribution in [0, 0.1) is 0 Å². The number of aromatic nitrogens is 3. The van der Waals surface area contributed by atoms with Crippen LogP contribution >= 0.6 is 0 Å². The van der Waals surface area contributed by atoms with Gasteiger partial charge in [0.1, 0.15) is 5.75 Å². The summed E-state index contributed by atoms with van der Waals surface area (Å²) < 4.78 is 6.90. The van der Waals surface area contributed by atoms with E-state index in [1.807, 2.05) is 24.3 Å². The topological polar surface area (TPSA) is 80.4 Å². The summed E-state index contributed by atoms with van der Waals surface area (Å²) in [5, 5.41) is 23.4. The fraction of sp³-hybridized carbons (Fsp3) is 0.143. The zero-order valence-corrected chi connectivity index (χ0v) is 11.5. The molecule has 1 aromatic carbocycles. The summed E-state index contributed by atoms with van der Waals surface area (Å²) in [6.07, 6.45) is 3.11. The first-order valence-electron chi connectivity index (χ1n) is 6.48. The van der Waals surface area contributed by atoms with E-state index in [9.17, 15) is 0 Å². The molecule has 0 spiro atoms. The van der Waals surface area contributed by atoms with Crippen LogP contribution in [0.3, 0.4) is 0 Å². The van der Waals surface area contributed by atoms with Crippen molar-refractivity contribution in [2.75, 3.05) is 7.11 Å². The molecule has 0 atom stereocenters. The molecule has 2 N–H and O–H groups in total. The second kappa shape index (κ2) is 5.55. The normalized spacial score (nSPS) is 10.8. The molecule has 0 aliphatic heterocycles. The second-order valence-electron chi connectivity index (χ2n) is 4.71. The number of hydrogen-bond donors (Lipinski definition) is 2. The van der Waals surface area contributed by atoms with Gasteiger partial charge in [0.25, 0.3) is 0 Å². The molecule has 0 aliphatic rings. The molecule has 0 aliphatic carbocycles. The van der Waals surface area contributed by atoms with E-state index in [2.05, 4.69) is 10.1 Å². The van der Waals surface area contributed by atoms with E-state index in [1.165, 1.54) is 6.20 Å². The molecule has 0 radical (unpaired) electrons. The molecule has 106 valence electrons. The molecule has 0 fully saturated rings. The average molecular weight is 283 g/mol. The van der Waals surface area contributed by atoms with Crippen LogP contribution in [0.15, 0.2) is 42.7 Å². The fourth-order valence-electron chi connectivity index (χ4n) is 2.15. The first kappa shape index (κ1) is 13.6. The molecule has 2 heterocycles. The average Bonchev–Trinajstić information content (AvgIpc) is 2.90. The van der Waals surface area contributed by atoms with Crippen molar-refractivity contribution in [1.82, 2.24) is 14.8 Å². The molecule has 0 bridgehead atoms. The highest BCUT2D eigenvalue weighted by atomic mass is 16.5. The van der Waals surface area contributed by atoms with Crippen LogP contribution in [0.1, 0.15) is 5.56 Å². The summed E-state index contributed by atoms with van der Waals surface area (Å²) >= 11 is 0. The predicted molar refractivity (Wildman–Crippen MR) is 79.4 cm³/mol. The Kier molecular flexibility index (Phi) is 3.59. The van der Waals surface area contributed by atoms with Gasteiger partial charge in [-0.05, 0) is 23.8 Å². The van der Waals surface area contributed by atoms with Gasteiger partial charge in [-0.1, -0.05) is 12.1 Å². The Morgan fingerprint density at radius 2 is 1.95 bits per heavy atom. The first-order chi connectivity index (χ1) is 10.2. The summed E-state index contributed by atoms with van der Waals surface area (Å²) in [7, 11) is 0.111. The van der Waals surface area contributed by atoms with E-state index in [4.69, 9.17) is 14.8 Å². The molecule has 3 aromatic rings. The Hall–Kier alpha value is -2.38. The third-order valence-corrected chi connectivity index (χ3v) is 3.29. The molecule has 0 amide bonds. The van der Waals surface area contributed by atoms with Gasteiger partial charge in [-0.15, -0.1) is 0 Å². The number of benzene rings is 1. The van der Waals surface area contributed by atoms with Gasteiger partial charge in [-0.3, -0.25) is 0 Å². The van der Waals surface area contributed by atoms with Crippen LogP contribution < -0.4 is 10.2 Å². The zero-order chi connectivity index (χ0) is 14.8. The van der Waals surface area contributed by atoms with Gasteiger partial charge < -0.3 is 14.8 Å². The molecule has 6 nitrogen and oxygen atoms in total. The fourth-order valence-corrected chi connectivity index (χ4v) is 2.15. The lowest BCUT2D eigenvalue weighted by Gasteiger charge is -2.05. The smallest absolute Gasteiger partial charge is 0.490 e. The van der Waals surface area contributed by atoms with E-state index in [-0.39, 0.29) is 0 Å². The van der Waals surface area contributed by atoms with E-state index in [1.54, 1.807) is 24.1 Å². The van der Waals surface area contributed by atoms with Gasteiger partial charge >= 0.3 is 7.12 Å². The van der Waals surface area contributed by atoms with E-state index in [0.29, 0.717) is 17.7 Å². The summed E-state index contributed by atoms with van der Waals surface area (Å²) in [4.78, 5) is 4.25. The van der Waals surface area contributed by atoms with Crippen LogP contribution in [0.5, 0.6) is 5.75 Å². The number of methoxy groups -OCH3 is 1. The zero-order valence-electron chi connectivity index (χ0n) is 11.5. The lowest BCUT2D eigenvalue weighted by molar-refractivity contribution is 0.414. The standard InChI is InChI=1S/C14H14BN3O3/c1-21-13-4-2-10(3-5-13)9-18-14-11(7-17-18)6-12(8-16-14)15(19)20/h2-8,19-20H,9H2,1H3. The van der Waals surface area contributed by atoms with Crippen molar-refractivity contribution in [2.24, 2.45) is 0 Å². The Morgan fingerprint density at radius 1 is 1.19 bits per heavy atom. The van der Waals surface area contributed by atoms with Crippen molar-refractivity contribution in [3.05, 3.63) is 48.3 Å². The van der Waals surface area contributed by atoms with Gasteiger partial charge in [0.15, 0.2) is 5.65 Å². The van der Waals surface area contributed by atoms with E-state index in [0.717, 1.165) is 16.7 Å². The Bertz CT molecular complexity index is 756. The van der Waals surface area contributed by atoms with Crippen LogP contribution in [0.4, 0.5) is 0 Å². The lowest BCUT2D eigenvalue weighted by atomic mass is 9.81. The van der Waals surface area contributed by atoms with Crippen molar-refractivity contribution in [1.29, 1.82) is 0 Å². The van der Waals surface area contributed by atoms with Crippen LogP contribution in [-0.4, -0.2) is 39.0 Å². The first-order valence-corrected chi connectivity index (χ1v) is 6.48. The van der Waals surface area contributed by atoms with Crippen molar-refractivity contribution in [3.8, 4) is 5.75 Å². The molecule has 0 saturated carbocycles. The van der Waals surface area contributed by atoms with Crippen LogP contribution in [-0.2, 0) is 6.54 Å². The minimum atomic E-state index is -1.52. The summed E-state index contributed by atoms with van der Waals surface area (Å²) in [6.45, 7) is 0.585. The van der Waals surface area contributed by atoms with E-state index < -0.39 is 7.12 Å². The highest BCUT2D eigenvalue weighted by molar-refractivity contribution is 6.58. The molecular weight excluding hydrogens is 269 g/mol. The lowest BCUT2D eigenvalue weighted by Crippen LogP contribution is -2.30. The summed E-state index contributed by atoms with van der Waals surface area (Å²) in [5.74, 6) is 0.809. The van der Waals surface area contributed by atoms with Gasteiger partial charge in [-0.2, -0.15) is 5.10 Å². The van der Waals surface area contributed by atoms with Crippen LogP contribution in [0.25, 0.3) is 11.0 Å². The third-order valence-electron chi connectivity index (χ3n) is 3.29. The molecule has 21 heavy (non-hydrogen) atoms. The second-order valence-corrected chi connectivity index (χ2v) is 4.71. The maximum absolute atomic E-state index is 9.15. The Labute approximate surface area is 121 Å².